The molecule has 0 bridgehead atoms. The fraction of sp³-hybridized carbons (Fsp3) is 0.909. The molecular weight excluding hydrogens is 256 g/mol. The quantitative estimate of drug-likeness (QED) is 0.810. The van der Waals surface area contributed by atoms with Crippen molar-refractivity contribution in [2.45, 2.75) is 51.6 Å². The van der Waals surface area contributed by atoms with Crippen molar-refractivity contribution < 1.29 is 18.3 Å². The van der Waals surface area contributed by atoms with Gasteiger partial charge in [-0.1, -0.05) is 6.42 Å². The van der Waals surface area contributed by atoms with Crippen LogP contribution in [0.2, 0.25) is 0 Å². The second-order valence-corrected chi connectivity index (χ2v) is 6.87. The maximum atomic E-state index is 12.4. The third-order valence-electron chi connectivity index (χ3n) is 3.41. The molecular formula is C11H22N2O4S. The lowest BCUT2D eigenvalue weighted by Gasteiger charge is -2.39. The van der Waals surface area contributed by atoms with Crippen molar-refractivity contribution in [2.75, 3.05) is 13.6 Å². The monoisotopic (exact) mass is 278 g/mol. The topological polar surface area (TPSA) is 77.9 Å². The van der Waals surface area contributed by atoms with E-state index in [1.165, 1.54) is 11.4 Å². The van der Waals surface area contributed by atoms with E-state index in [0.29, 0.717) is 0 Å². The summed E-state index contributed by atoms with van der Waals surface area (Å²) in [6, 6.07) is -0.0444. The van der Waals surface area contributed by atoms with E-state index >= 15 is 0 Å². The van der Waals surface area contributed by atoms with Gasteiger partial charge in [-0.3, -0.25) is 4.79 Å². The molecule has 0 saturated carbocycles. The number of nitrogens with zero attached hydrogens (tertiary/aromatic N) is 2. The molecule has 0 aromatic carbocycles. The first kappa shape index (κ1) is 15.4. The number of rotatable bonds is 5. The Kier molecular flexibility index (Phi) is 5.12. The molecule has 106 valence electrons. The second kappa shape index (κ2) is 5.99. The molecule has 0 amide bonds. The van der Waals surface area contributed by atoms with Crippen LogP contribution in [-0.2, 0) is 15.0 Å². The number of hydrogen-bond acceptors (Lipinski definition) is 3. The van der Waals surface area contributed by atoms with Crippen molar-refractivity contribution in [2.24, 2.45) is 0 Å². The number of carboxylic acid groups (broad SMARTS) is 1. The lowest BCUT2D eigenvalue weighted by molar-refractivity contribution is -0.137. The van der Waals surface area contributed by atoms with Crippen LogP contribution in [-0.4, -0.2) is 53.8 Å². The van der Waals surface area contributed by atoms with Crippen LogP contribution in [0.5, 0.6) is 0 Å². The first-order chi connectivity index (χ1) is 8.26. The Balaban J connectivity index is 2.80. The predicted octanol–water partition coefficient (Wildman–Crippen LogP) is 0.901. The SMILES string of the molecule is CC1CCCC(C)N1S(=O)(=O)N(C)CCC(=O)O. The Hall–Kier alpha value is -0.660. The highest BCUT2D eigenvalue weighted by molar-refractivity contribution is 7.86. The van der Waals surface area contributed by atoms with E-state index < -0.39 is 16.2 Å². The van der Waals surface area contributed by atoms with E-state index in [9.17, 15) is 13.2 Å². The Morgan fingerprint density at radius 2 is 1.83 bits per heavy atom. The standard InChI is InChI=1S/C11H22N2O4S/c1-9-5-4-6-10(2)13(9)18(16,17)12(3)8-7-11(14)15/h9-10H,4-8H2,1-3H3,(H,14,15). The normalized spacial score (nSPS) is 26.4. The van der Waals surface area contributed by atoms with Crippen LogP contribution >= 0.6 is 0 Å². The van der Waals surface area contributed by atoms with Gasteiger partial charge in [0.05, 0.1) is 6.42 Å². The summed E-state index contributed by atoms with van der Waals surface area (Å²) in [5, 5.41) is 8.61. The number of carbonyl (C=O) groups is 1. The summed E-state index contributed by atoms with van der Waals surface area (Å²) in [5.74, 6) is -0.989. The number of carboxylic acids is 1. The highest BCUT2D eigenvalue weighted by Gasteiger charge is 2.36. The molecule has 1 aliphatic rings. The molecule has 6 nitrogen and oxygen atoms in total. The number of hydrogen-bond donors (Lipinski definition) is 1. The van der Waals surface area contributed by atoms with Crippen molar-refractivity contribution in [1.29, 1.82) is 0 Å². The molecule has 7 heteroatoms. The van der Waals surface area contributed by atoms with Gasteiger partial charge < -0.3 is 5.11 Å². The molecule has 1 N–H and O–H groups in total. The molecule has 1 fully saturated rings. The molecule has 0 aromatic rings. The van der Waals surface area contributed by atoms with Crippen LogP contribution in [0.3, 0.4) is 0 Å². The van der Waals surface area contributed by atoms with Crippen LogP contribution in [0, 0.1) is 0 Å². The first-order valence-corrected chi connectivity index (χ1v) is 7.63. The minimum Gasteiger partial charge on any atom is -0.481 e. The molecule has 2 atom stereocenters. The Labute approximate surface area is 109 Å². The molecule has 0 spiro atoms. The van der Waals surface area contributed by atoms with Crippen molar-refractivity contribution >= 4 is 16.2 Å². The van der Waals surface area contributed by atoms with Crippen LogP contribution in [0.4, 0.5) is 0 Å². The van der Waals surface area contributed by atoms with Gasteiger partial charge in [-0.15, -0.1) is 0 Å². The molecule has 2 unspecified atom stereocenters. The zero-order valence-electron chi connectivity index (χ0n) is 11.2. The van der Waals surface area contributed by atoms with Crippen LogP contribution in [0.15, 0.2) is 0 Å². The molecule has 1 aliphatic heterocycles. The summed E-state index contributed by atoms with van der Waals surface area (Å²) in [6.07, 6.45) is 2.58. The highest BCUT2D eigenvalue weighted by atomic mass is 32.2. The number of piperidine rings is 1. The van der Waals surface area contributed by atoms with E-state index in [2.05, 4.69) is 0 Å². The van der Waals surface area contributed by atoms with Crippen molar-refractivity contribution in [3.8, 4) is 0 Å². The lowest BCUT2D eigenvalue weighted by atomic mass is 10.0. The summed E-state index contributed by atoms with van der Waals surface area (Å²) in [6.45, 7) is 3.81. The maximum Gasteiger partial charge on any atom is 0.304 e. The lowest BCUT2D eigenvalue weighted by Crippen LogP contribution is -2.52. The molecule has 1 heterocycles. The smallest absolute Gasteiger partial charge is 0.304 e. The van der Waals surface area contributed by atoms with E-state index in [1.54, 1.807) is 0 Å². The zero-order valence-corrected chi connectivity index (χ0v) is 12.0. The van der Waals surface area contributed by atoms with Gasteiger partial charge in [-0.2, -0.15) is 17.0 Å². The van der Waals surface area contributed by atoms with Crippen molar-refractivity contribution in [3.05, 3.63) is 0 Å². The van der Waals surface area contributed by atoms with E-state index in [-0.39, 0.29) is 25.0 Å². The second-order valence-electron chi connectivity index (χ2n) is 4.93. The highest BCUT2D eigenvalue weighted by Crippen LogP contribution is 2.26. The largest absolute Gasteiger partial charge is 0.481 e. The summed E-state index contributed by atoms with van der Waals surface area (Å²) >= 11 is 0. The number of aliphatic carboxylic acids is 1. The third-order valence-corrected chi connectivity index (χ3v) is 5.64. The molecule has 0 radical (unpaired) electrons. The molecule has 1 rings (SSSR count). The van der Waals surface area contributed by atoms with Gasteiger partial charge in [0, 0.05) is 25.7 Å². The van der Waals surface area contributed by atoms with Crippen molar-refractivity contribution in [1.82, 2.24) is 8.61 Å². The van der Waals surface area contributed by atoms with Gasteiger partial charge >= 0.3 is 5.97 Å². The fourth-order valence-corrected chi connectivity index (χ4v) is 4.15. The third kappa shape index (κ3) is 3.43. The van der Waals surface area contributed by atoms with Gasteiger partial charge in [-0.05, 0) is 26.7 Å². The van der Waals surface area contributed by atoms with Gasteiger partial charge in [0.2, 0.25) is 0 Å². The molecule has 1 saturated heterocycles. The van der Waals surface area contributed by atoms with Gasteiger partial charge in [0.1, 0.15) is 0 Å². The van der Waals surface area contributed by atoms with E-state index in [1.807, 2.05) is 13.8 Å². The zero-order chi connectivity index (χ0) is 13.9. The van der Waals surface area contributed by atoms with Gasteiger partial charge in [-0.25, -0.2) is 0 Å². The van der Waals surface area contributed by atoms with Gasteiger partial charge in [0.15, 0.2) is 0 Å². The Bertz CT molecular complexity index is 386. The molecule has 0 aliphatic carbocycles. The summed E-state index contributed by atoms with van der Waals surface area (Å²) < 4.78 is 27.4. The summed E-state index contributed by atoms with van der Waals surface area (Å²) in [7, 11) is -2.12. The summed E-state index contributed by atoms with van der Waals surface area (Å²) in [5.41, 5.74) is 0. The van der Waals surface area contributed by atoms with E-state index in [4.69, 9.17) is 5.11 Å². The predicted molar refractivity (Wildman–Crippen MR) is 68.4 cm³/mol. The summed E-state index contributed by atoms with van der Waals surface area (Å²) in [4.78, 5) is 10.5. The average molecular weight is 278 g/mol. The minimum atomic E-state index is -3.55. The van der Waals surface area contributed by atoms with Crippen LogP contribution < -0.4 is 0 Å². The maximum absolute atomic E-state index is 12.4. The fourth-order valence-electron chi connectivity index (χ4n) is 2.38. The first-order valence-electron chi connectivity index (χ1n) is 6.23. The van der Waals surface area contributed by atoms with Crippen molar-refractivity contribution in [3.63, 3.8) is 0 Å². The minimum absolute atomic E-state index is 0.00755. The van der Waals surface area contributed by atoms with E-state index in [0.717, 1.165) is 23.6 Å². The van der Waals surface area contributed by atoms with Crippen LogP contribution in [0.25, 0.3) is 0 Å². The van der Waals surface area contributed by atoms with Crippen LogP contribution in [0.1, 0.15) is 39.5 Å². The Morgan fingerprint density at radius 1 is 1.33 bits per heavy atom. The van der Waals surface area contributed by atoms with Gasteiger partial charge in [0.25, 0.3) is 10.2 Å². The average Bonchev–Trinajstić information content (AvgIpc) is 2.25. The Morgan fingerprint density at radius 3 is 2.28 bits per heavy atom. The molecule has 0 aromatic heterocycles. The molecule has 18 heavy (non-hydrogen) atoms.